The average Bonchev–Trinajstić information content (AvgIpc) is 3.61. The number of anilines is 2. The highest BCUT2D eigenvalue weighted by Gasteiger charge is 2.37. The lowest BCUT2D eigenvalue weighted by molar-refractivity contribution is -0.134. The fourth-order valence-corrected chi connectivity index (χ4v) is 8.44. The number of benzene rings is 2. The zero-order chi connectivity index (χ0) is 36.1. The predicted octanol–water partition coefficient (Wildman–Crippen LogP) is 3.96. The number of amides is 3. The SMILES string of the molecule is O=C1CCC(N2CCOc3c(C4CCC(N5CCN(c6cnc(-n7ccc8nnc(-c9ccccc9O)cc87)cn6)C(=O)C5)CC4)cccc32)C(=O)N1. The number of nitrogens with one attached hydrogen (secondary N) is 1. The molecule has 14 heteroatoms. The number of phenols is 1. The van der Waals surface area contributed by atoms with Crippen LogP contribution in [0, 0.1) is 0 Å². The van der Waals surface area contributed by atoms with E-state index in [1.807, 2.05) is 41.1 Å². The Labute approximate surface area is 305 Å². The molecular weight excluding hydrogens is 674 g/mol. The summed E-state index contributed by atoms with van der Waals surface area (Å²) in [7, 11) is 0. The second-order valence-corrected chi connectivity index (χ2v) is 14.2. The number of aromatic hydroxyl groups is 1. The van der Waals surface area contributed by atoms with Gasteiger partial charge in [-0.3, -0.25) is 34.1 Å². The van der Waals surface area contributed by atoms with Crippen molar-refractivity contribution in [2.24, 2.45) is 0 Å². The minimum Gasteiger partial charge on any atom is -0.507 e. The largest absolute Gasteiger partial charge is 0.507 e. The van der Waals surface area contributed by atoms with Gasteiger partial charge in [-0.1, -0.05) is 24.3 Å². The summed E-state index contributed by atoms with van der Waals surface area (Å²) in [6.07, 6.45) is 9.93. The van der Waals surface area contributed by atoms with Gasteiger partial charge in [0.05, 0.1) is 42.4 Å². The third-order valence-electron chi connectivity index (χ3n) is 11.2. The number of phenolic OH excluding ortho intramolecular Hbond substituents is 1. The smallest absolute Gasteiger partial charge is 0.249 e. The van der Waals surface area contributed by atoms with Gasteiger partial charge in [-0.2, -0.15) is 0 Å². The van der Waals surface area contributed by atoms with E-state index < -0.39 is 0 Å². The van der Waals surface area contributed by atoms with Crippen LogP contribution >= 0.6 is 0 Å². The number of rotatable bonds is 6. The van der Waals surface area contributed by atoms with Crippen LogP contribution in [0.5, 0.6) is 11.5 Å². The summed E-state index contributed by atoms with van der Waals surface area (Å²) in [6.45, 7) is 2.73. The summed E-state index contributed by atoms with van der Waals surface area (Å²) in [5.41, 5.74) is 4.70. The summed E-state index contributed by atoms with van der Waals surface area (Å²) >= 11 is 0. The molecule has 3 aromatic heterocycles. The molecule has 0 spiro atoms. The van der Waals surface area contributed by atoms with E-state index in [1.165, 1.54) is 5.56 Å². The summed E-state index contributed by atoms with van der Waals surface area (Å²) in [5.74, 6) is 1.98. The Balaban J connectivity index is 0.836. The highest BCUT2D eigenvalue weighted by Crippen LogP contribution is 2.45. The van der Waals surface area contributed by atoms with E-state index in [9.17, 15) is 19.5 Å². The number of piperazine rings is 1. The van der Waals surface area contributed by atoms with E-state index in [1.54, 1.807) is 35.5 Å². The summed E-state index contributed by atoms with van der Waals surface area (Å²) < 4.78 is 8.11. The molecule has 6 heterocycles. The van der Waals surface area contributed by atoms with Crippen LogP contribution < -0.4 is 19.9 Å². The molecule has 2 saturated heterocycles. The van der Waals surface area contributed by atoms with Crippen molar-refractivity contribution in [2.75, 3.05) is 42.6 Å². The van der Waals surface area contributed by atoms with Gasteiger partial charge in [0.15, 0.2) is 11.6 Å². The second-order valence-electron chi connectivity index (χ2n) is 14.2. The van der Waals surface area contributed by atoms with Crippen LogP contribution in [0.25, 0.3) is 28.1 Å². The highest BCUT2D eigenvalue weighted by molar-refractivity contribution is 6.02. The first-order chi connectivity index (χ1) is 25.9. The number of fused-ring (bicyclic) bond motifs is 2. The molecule has 1 aliphatic carbocycles. The Kier molecular flexibility index (Phi) is 8.45. The molecule has 3 amide bonds. The van der Waals surface area contributed by atoms with Gasteiger partial charge in [0, 0.05) is 37.3 Å². The van der Waals surface area contributed by atoms with Crippen molar-refractivity contribution >= 4 is 40.3 Å². The maximum absolute atomic E-state index is 13.5. The van der Waals surface area contributed by atoms with Gasteiger partial charge in [-0.05, 0) is 73.9 Å². The molecule has 1 saturated carbocycles. The number of carbonyl (C=O) groups is 3. The van der Waals surface area contributed by atoms with E-state index in [0.29, 0.717) is 79.5 Å². The first kappa shape index (κ1) is 33.0. The average molecular weight is 714 g/mol. The quantitative estimate of drug-likeness (QED) is 0.246. The lowest BCUT2D eigenvalue weighted by Gasteiger charge is -2.42. The summed E-state index contributed by atoms with van der Waals surface area (Å²) in [4.78, 5) is 53.4. The number of aromatic nitrogens is 5. The van der Waals surface area contributed by atoms with Gasteiger partial charge in [0.1, 0.15) is 29.7 Å². The van der Waals surface area contributed by atoms with Crippen LogP contribution in [-0.4, -0.2) is 97.3 Å². The van der Waals surface area contributed by atoms with Gasteiger partial charge in [0.2, 0.25) is 17.7 Å². The first-order valence-corrected chi connectivity index (χ1v) is 18.3. The fraction of sp³-hybridized carbons (Fsp3) is 0.359. The zero-order valence-electron chi connectivity index (χ0n) is 29.1. The maximum Gasteiger partial charge on any atom is 0.249 e. The van der Waals surface area contributed by atoms with Crippen molar-refractivity contribution < 1.29 is 24.2 Å². The zero-order valence-corrected chi connectivity index (χ0v) is 29.1. The molecule has 1 atom stereocenters. The highest BCUT2D eigenvalue weighted by atomic mass is 16.5. The Bertz CT molecular complexity index is 2210. The number of para-hydroxylation sites is 2. The summed E-state index contributed by atoms with van der Waals surface area (Å²) in [6, 6.07) is 16.9. The van der Waals surface area contributed by atoms with E-state index in [0.717, 1.165) is 49.2 Å². The number of hydrogen-bond donors (Lipinski definition) is 2. The van der Waals surface area contributed by atoms with Crippen molar-refractivity contribution in [3.63, 3.8) is 0 Å². The normalized spacial score (nSPS) is 22.4. The van der Waals surface area contributed by atoms with Crippen LogP contribution in [0.1, 0.15) is 50.0 Å². The molecule has 0 radical (unpaired) electrons. The van der Waals surface area contributed by atoms with Crippen LogP contribution in [0.4, 0.5) is 11.5 Å². The Morgan fingerprint density at radius 1 is 0.849 bits per heavy atom. The van der Waals surface area contributed by atoms with Gasteiger partial charge in [-0.25, -0.2) is 9.97 Å². The number of piperidine rings is 1. The third-order valence-corrected chi connectivity index (χ3v) is 11.2. The number of imide groups is 1. The predicted molar refractivity (Wildman–Crippen MR) is 196 cm³/mol. The Morgan fingerprint density at radius 2 is 1.68 bits per heavy atom. The van der Waals surface area contributed by atoms with Gasteiger partial charge in [0.25, 0.3) is 0 Å². The lowest BCUT2D eigenvalue weighted by atomic mass is 9.80. The number of nitrogens with zero attached hydrogens (tertiary/aromatic N) is 8. The number of hydrogen-bond acceptors (Lipinski definition) is 11. The molecule has 270 valence electrons. The molecule has 5 aromatic rings. The molecule has 3 fully saturated rings. The Morgan fingerprint density at radius 3 is 2.47 bits per heavy atom. The number of ether oxygens (including phenoxy) is 1. The lowest BCUT2D eigenvalue weighted by Crippen LogP contribution is -2.54. The maximum atomic E-state index is 13.5. The molecule has 2 aromatic carbocycles. The Hall–Kier alpha value is -5.89. The molecule has 0 bridgehead atoms. The number of carbonyl (C=O) groups excluding carboxylic acids is 3. The van der Waals surface area contributed by atoms with Gasteiger partial charge in [-0.15, -0.1) is 10.2 Å². The topological polar surface area (TPSA) is 159 Å². The van der Waals surface area contributed by atoms with E-state index >= 15 is 0 Å². The molecule has 9 rings (SSSR count). The van der Waals surface area contributed by atoms with Crippen LogP contribution in [0.3, 0.4) is 0 Å². The standard InChI is InChI=1S/C39H39N9O5/c49-33-7-2-1-4-27(33)29-20-32-28(43-44-29)14-15-47(32)34-21-41-35(22-40-34)48-17-16-45(23-37(48)51)25-10-8-24(9-11-25)26-5-3-6-30-38(26)53-19-18-46(30)31-12-13-36(50)42-39(31)52/h1-7,14-15,20-22,24-25,31,49H,8-13,16-19,23H2,(H,42,50,52). The van der Waals surface area contributed by atoms with E-state index in [-0.39, 0.29) is 29.5 Å². The second kappa shape index (κ2) is 13.6. The van der Waals surface area contributed by atoms with Crippen molar-refractivity contribution in [3.05, 3.63) is 78.8 Å². The van der Waals surface area contributed by atoms with Crippen molar-refractivity contribution in [1.82, 2.24) is 34.9 Å². The van der Waals surface area contributed by atoms with Crippen molar-refractivity contribution in [3.8, 4) is 28.6 Å². The molecular formula is C39H39N9O5. The third kappa shape index (κ3) is 6.12. The monoisotopic (exact) mass is 713 g/mol. The minimum absolute atomic E-state index is 0.00786. The molecule has 4 aliphatic rings. The van der Waals surface area contributed by atoms with Crippen LogP contribution in [0.2, 0.25) is 0 Å². The van der Waals surface area contributed by atoms with Crippen molar-refractivity contribution in [2.45, 2.75) is 56.5 Å². The van der Waals surface area contributed by atoms with Gasteiger partial charge >= 0.3 is 0 Å². The molecule has 14 nitrogen and oxygen atoms in total. The van der Waals surface area contributed by atoms with Crippen molar-refractivity contribution in [1.29, 1.82) is 0 Å². The first-order valence-electron chi connectivity index (χ1n) is 18.3. The van der Waals surface area contributed by atoms with E-state index in [4.69, 9.17) is 4.74 Å². The minimum atomic E-state index is -0.373. The molecule has 3 aliphatic heterocycles. The molecule has 1 unspecified atom stereocenters. The van der Waals surface area contributed by atoms with Gasteiger partial charge < -0.3 is 14.7 Å². The fourth-order valence-electron chi connectivity index (χ4n) is 8.44. The van der Waals surface area contributed by atoms with Crippen LogP contribution in [-0.2, 0) is 14.4 Å². The van der Waals surface area contributed by atoms with Crippen LogP contribution in [0.15, 0.2) is 73.2 Å². The summed E-state index contributed by atoms with van der Waals surface area (Å²) in [5, 5.41) is 21.4. The molecule has 53 heavy (non-hydrogen) atoms. The molecule has 2 N–H and O–H groups in total. The van der Waals surface area contributed by atoms with E-state index in [2.05, 4.69) is 41.3 Å².